The summed E-state index contributed by atoms with van der Waals surface area (Å²) in [7, 11) is 0. The highest BCUT2D eigenvalue weighted by molar-refractivity contribution is 5.92. The number of aliphatic hydroxyl groups is 1. The van der Waals surface area contributed by atoms with E-state index in [1.54, 1.807) is 9.80 Å². The fourth-order valence-corrected chi connectivity index (χ4v) is 4.68. The second kappa shape index (κ2) is 7.99. The van der Waals surface area contributed by atoms with Crippen molar-refractivity contribution in [1.29, 1.82) is 0 Å². The van der Waals surface area contributed by atoms with Crippen molar-refractivity contribution in [3.05, 3.63) is 42.2 Å². The van der Waals surface area contributed by atoms with Crippen LogP contribution in [0.1, 0.15) is 38.4 Å². The smallest absolute Gasteiger partial charge is 0.249 e. The van der Waals surface area contributed by atoms with Crippen LogP contribution >= 0.6 is 0 Å². The van der Waals surface area contributed by atoms with Crippen molar-refractivity contribution in [2.24, 2.45) is 0 Å². The molecule has 2 amide bonds. The quantitative estimate of drug-likeness (QED) is 0.855. The largest absolute Gasteiger partial charge is 0.391 e. The van der Waals surface area contributed by atoms with Crippen LogP contribution in [0, 0.1) is 0 Å². The van der Waals surface area contributed by atoms with E-state index in [0.717, 1.165) is 18.4 Å². The summed E-state index contributed by atoms with van der Waals surface area (Å²) < 4.78 is 5.58. The van der Waals surface area contributed by atoms with Crippen molar-refractivity contribution in [3.63, 3.8) is 0 Å². The molecule has 7 nitrogen and oxygen atoms in total. The second-order valence-corrected chi connectivity index (χ2v) is 8.07. The molecule has 2 aromatic rings. The van der Waals surface area contributed by atoms with Gasteiger partial charge in [0.15, 0.2) is 0 Å². The molecular formula is C22H27N3O4. The maximum absolute atomic E-state index is 13.6. The van der Waals surface area contributed by atoms with Gasteiger partial charge in [-0.2, -0.15) is 0 Å². The Bertz CT molecular complexity index is 881. The molecule has 3 heterocycles. The number of piperidine rings is 1. The van der Waals surface area contributed by atoms with Crippen molar-refractivity contribution < 1.29 is 19.2 Å². The van der Waals surface area contributed by atoms with Crippen molar-refractivity contribution in [3.8, 4) is 11.3 Å². The molecule has 2 saturated heterocycles. The van der Waals surface area contributed by atoms with Crippen LogP contribution < -0.4 is 0 Å². The second-order valence-electron chi connectivity index (χ2n) is 8.07. The van der Waals surface area contributed by atoms with Gasteiger partial charge in [-0.25, -0.2) is 0 Å². The number of β-amino-alcohol motifs (C(OH)–C–C–N with tert-alkyl or cyclic N) is 1. The third kappa shape index (κ3) is 3.79. The minimum atomic E-state index is -0.976. The van der Waals surface area contributed by atoms with Crippen molar-refractivity contribution in [1.82, 2.24) is 15.0 Å². The highest BCUT2D eigenvalue weighted by Crippen LogP contribution is 2.36. The standard InChI is InChI=1S/C22H27N3O4/c1-16(26)25-12-6-10-22(25,21(28)24-11-5-9-18(27)15-24)14-19-13-20(23-29-19)17-7-3-2-4-8-17/h2-4,7-8,13,18,27H,5-6,9-12,14-15H2,1H3/t18-,22-/m1/s1. The minimum absolute atomic E-state index is 0.0957. The maximum Gasteiger partial charge on any atom is 0.249 e. The maximum atomic E-state index is 13.6. The summed E-state index contributed by atoms with van der Waals surface area (Å²) >= 11 is 0. The summed E-state index contributed by atoms with van der Waals surface area (Å²) in [5.74, 6) is 0.376. The van der Waals surface area contributed by atoms with Crippen LogP contribution in [0.2, 0.25) is 0 Å². The Morgan fingerprint density at radius 3 is 2.76 bits per heavy atom. The van der Waals surface area contributed by atoms with Crippen molar-refractivity contribution in [2.45, 2.75) is 50.7 Å². The molecule has 1 N–H and O–H groups in total. The summed E-state index contributed by atoms with van der Waals surface area (Å²) in [6.07, 6.45) is 2.60. The Labute approximate surface area is 170 Å². The van der Waals surface area contributed by atoms with Gasteiger partial charge in [-0.15, -0.1) is 0 Å². The summed E-state index contributed by atoms with van der Waals surface area (Å²) in [5.41, 5.74) is 0.678. The third-order valence-corrected chi connectivity index (χ3v) is 6.05. The molecule has 2 atom stereocenters. The van der Waals surface area contributed by atoms with Crippen LogP contribution in [0.25, 0.3) is 11.3 Å². The fourth-order valence-electron chi connectivity index (χ4n) is 4.68. The molecule has 0 aliphatic carbocycles. The Balaban J connectivity index is 1.64. The van der Waals surface area contributed by atoms with Gasteiger partial charge in [0.1, 0.15) is 17.0 Å². The average Bonchev–Trinajstić information content (AvgIpc) is 3.36. The van der Waals surface area contributed by atoms with Crippen molar-refractivity contribution in [2.75, 3.05) is 19.6 Å². The highest BCUT2D eigenvalue weighted by Gasteiger charge is 2.51. The molecule has 4 rings (SSSR count). The van der Waals surface area contributed by atoms with Gasteiger partial charge in [-0.05, 0) is 25.7 Å². The third-order valence-electron chi connectivity index (χ3n) is 6.05. The summed E-state index contributed by atoms with van der Waals surface area (Å²) in [5, 5.41) is 14.2. The van der Waals surface area contributed by atoms with Crippen LogP contribution in [0.15, 0.2) is 40.9 Å². The van der Waals surface area contributed by atoms with Gasteiger partial charge in [0, 0.05) is 44.6 Å². The van der Waals surface area contributed by atoms with Gasteiger partial charge in [0.05, 0.1) is 6.10 Å². The molecule has 0 unspecified atom stereocenters. The number of hydrogen-bond donors (Lipinski definition) is 1. The van der Waals surface area contributed by atoms with Crippen LogP contribution in [0.3, 0.4) is 0 Å². The molecule has 7 heteroatoms. The van der Waals surface area contributed by atoms with E-state index < -0.39 is 11.6 Å². The van der Waals surface area contributed by atoms with Gasteiger partial charge >= 0.3 is 0 Å². The lowest BCUT2D eigenvalue weighted by molar-refractivity contribution is -0.153. The lowest BCUT2D eigenvalue weighted by Crippen LogP contribution is -2.61. The first-order valence-electron chi connectivity index (χ1n) is 10.3. The first-order chi connectivity index (χ1) is 14.0. The van der Waals surface area contributed by atoms with Gasteiger partial charge in [-0.3, -0.25) is 9.59 Å². The van der Waals surface area contributed by atoms with E-state index >= 15 is 0 Å². The van der Waals surface area contributed by atoms with Gasteiger partial charge in [0.25, 0.3) is 0 Å². The number of carbonyl (C=O) groups excluding carboxylic acids is 2. The normalized spacial score (nSPS) is 24.7. The molecule has 2 aliphatic heterocycles. The number of aliphatic hydroxyl groups excluding tert-OH is 1. The Hall–Kier alpha value is -2.67. The van der Waals surface area contributed by atoms with E-state index in [9.17, 15) is 14.7 Å². The lowest BCUT2D eigenvalue weighted by Gasteiger charge is -2.41. The molecule has 0 radical (unpaired) electrons. The zero-order valence-corrected chi connectivity index (χ0v) is 16.7. The number of benzene rings is 1. The van der Waals surface area contributed by atoms with Crippen LogP contribution in [-0.2, 0) is 16.0 Å². The summed E-state index contributed by atoms with van der Waals surface area (Å²) in [6, 6.07) is 11.6. The number of carbonyl (C=O) groups is 2. The SMILES string of the molecule is CC(=O)N1CCC[C@@]1(Cc1cc(-c2ccccc2)no1)C(=O)N1CCC[C@@H](O)C1. The van der Waals surface area contributed by atoms with E-state index in [-0.39, 0.29) is 18.2 Å². The predicted octanol–water partition coefficient (Wildman–Crippen LogP) is 2.25. The molecule has 2 aliphatic rings. The van der Waals surface area contributed by atoms with E-state index in [2.05, 4.69) is 5.16 Å². The minimum Gasteiger partial charge on any atom is -0.391 e. The van der Waals surface area contributed by atoms with E-state index in [1.807, 2.05) is 36.4 Å². The van der Waals surface area contributed by atoms with Gasteiger partial charge in [-0.1, -0.05) is 35.5 Å². The molecule has 29 heavy (non-hydrogen) atoms. The molecule has 1 aromatic carbocycles. The van der Waals surface area contributed by atoms with Gasteiger partial charge < -0.3 is 19.4 Å². The molecule has 0 saturated carbocycles. The average molecular weight is 397 g/mol. The Morgan fingerprint density at radius 1 is 1.24 bits per heavy atom. The molecular weight excluding hydrogens is 370 g/mol. The lowest BCUT2D eigenvalue weighted by atomic mass is 9.87. The first kappa shape index (κ1) is 19.6. The number of aromatic nitrogens is 1. The van der Waals surface area contributed by atoms with E-state index in [0.29, 0.717) is 43.9 Å². The molecule has 1 aromatic heterocycles. The molecule has 0 bridgehead atoms. The summed E-state index contributed by atoms with van der Waals surface area (Å²) in [6.45, 7) is 2.98. The number of amides is 2. The zero-order chi connectivity index (χ0) is 20.4. The first-order valence-corrected chi connectivity index (χ1v) is 10.3. The predicted molar refractivity (Wildman–Crippen MR) is 107 cm³/mol. The van der Waals surface area contributed by atoms with E-state index in [4.69, 9.17) is 4.52 Å². The van der Waals surface area contributed by atoms with E-state index in [1.165, 1.54) is 6.92 Å². The fraction of sp³-hybridized carbons (Fsp3) is 0.500. The number of nitrogens with zero attached hydrogens (tertiary/aromatic N) is 3. The van der Waals surface area contributed by atoms with Crippen molar-refractivity contribution >= 4 is 11.8 Å². The monoisotopic (exact) mass is 397 g/mol. The molecule has 2 fully saturated rings. The topological polar surface area (TPSA) is 86.9 Å². The number of hydrogen-bond acceptors (Lipinski definition) is 5. The Morgan fingerprint density at radius 2 is 2.03 bits per heavy atom. The Kier molecular flexibility index (Phi) is 5.41. The molecule has 0 spiro atoms. The number of rotatable bonds is 4. The number of likely N-dealkylation sites (tertiary alicyclic amines) is 2. The van der Waals surface area contributed by atoms with Crippen LogP contribution in [0.5, 0.6) is 0 Å². The van der Waals surface area contributed by atoms with Gasteiger partial charge in [0.2, 0.25) is 11.8 Å². The highest BCUT2D eigenvalue weighted by atomic mass is 16.5. The summed E-state index contributed by atoms with van der Waals surface area (Å²) in [4.78, 5) is 29.4. The van der Waals surface area contributed by atoms with Crippen LogP contribution in [0.4, 0.5) is 0 Å². The molecule has 154 valence electrons. The van der Waals surface area contributed by atoms with Crippen LogP contribution in [-0.4, -0.2) is 63.2 Å². The zero-order valence-electron chi connectivity index (χ0n) is 16.7.